The van der Waals surface area contributed by atoms with Gasteiger partial charge in [-0.2, -0.15) is 0 Å². The lowest BCUT2D eigenvalue weighted by atomic mass is 9.75. The molecule has 2 N–H and O–H groups in total. The quantitative estimate of drug-likeness (QED) is 0.837. The molecular formula is C17H21N3O2. The highest BCUT2D eigenvalue weighted by Gasteiger charge is 2.47. The minimum absolute atomic E-state index is 0.000661. The summed E-state index contributed by atoms with van der Waals surface area (Å²) in [5.41, 5.74) is 2.85. The fourth-order valence-electron chi connectivity index (χ4n) is 4.00. The van der Waals surface area contributed by atoms with Gasteiger partial charge in [-0.05, 0) is 56.2 Å². The van der Waals surface area contributed by atoms with Gasteiger partial charge in [-0.15, -0.1) is 0 Å². The molecule has 3 aliphatic rings. The molecule has 4 rings (SSSR count). The fourth-order valence-corrected chi connectivity index (χ4v) is 4.00. The lowest BCUT2D eigenvalue weighted by Gasteiger charge is -2.45. The minimum Gasteiger partial charge on any atom is -0.326 e. The molecule has 2 fully saturated rings. The number of amides is 3. The van der Waals surface area contributed by atoms with Crippen molar-refractivity contribution >= 4 is 23.3 Å². The van der Waals surface area contributed by atoms with Gasteiger partial charge in [-0.3, -0.25) is 4.79 Å². The average molecular weight is 299 g/mol. The number of nitrogens with one attached hydrogen (secondary N) is 2. The number of benzene rings is 1. The van der Waals surface area contributed by atoms with Gasteiger partial charge in [0.15, 0.2) is 0 Å². The third kappa shape index (κ3) is 2.16. The molecule has 1 aromatic carbocycles. The molecule has 5 heteroatoms. The monoisotopic (exact) mass is 299 g/mol. The van der Waals surface area contributed by atoms with Crippen molar-refractivity contribution in [1.29, 1.82) is 0 Å². The third-order valence-electron chi connectivity index (χ3n) is 5.38. The van der Waals surface area contributed by atoms with E-state index in [9.17, 15) is 9.59 Å². The molecule has 1 saturated heterocycles. The van der Waals surface area contributed by atoms with Gasteiger partial charge in [0.25, 0.3) is 0 Å². The largest absolute Gasteiger partial charge is 0.326 e. The van der Waals surface area contributed by atoms with Crippen molar-refractivity contribution < 1.29 is 9.59 Å². The first-order valence-corrected chi connectivity index (χ1v) is 8.18. The predicted molar refractivity (Wildman–Crippen MR) is 84.9 cm³/mol. The lowest BCUT2D eigenvalue weighted by molar-refractivity contribution is -0.116. The van der Waals surface area contributed by atoms with Crippen LogP contribution in [0.25, 0.3) is 0 Å². The van der Waals surface area contributed by atoms with Crippen LogP contribution in [0.2, 0.25) is 0 Å². The highest BCUT2D eigenvalue weighted by atomic mass is 16.2. The van der Waals surface area contributed by atoms with Crippen molar-refractivity contribution in [3.05, 3.63) is 23.8 Å². The van der Waals surface area contributed by atoms with Crippen LogP contribution in [0.5, 0.6) is 0 Å². The van der Waals surface area contributed by atoms with Gasteiger partial charge in [0.1, 0.15) is 0 Å². The topological polar surface area (TPSA) is 61.4 Å². The van der Waals surface area contributed by atoms with Crippen LogP contribution in [0, 0.1) is 0 Å². The first-order chi connectivity index (χ1) is 10.7. The van der Waals surface area contributed by atoms with Crippen LogP contribution in [-0.2, 0) is 11.2 Å². The molecule has 0 radical (unpaired) electrons. The summed E-state index contributed by atoms with van der Waals surface area (Å²) in [7, 11) is 0. The van der Waals surface area contributed by atoms with Crippen molar-refractivity contribution in [1.82, 2.24) is 4.90 Å². The van der Waals surface area contributed by atoms with Gasteiger partial charge in [-0.1, -0.05) is 6.07 Å². The van der Waals surface area contributed by atoms with Gasteiger partial charge in [0, 0.05) is 29.9 Å². The normalized spacial score (nSPS) is 22.0. The van der Waals surface area contributed by atoms with E-state index in [-0.39, 0.29) is 17.5 Å². The Labute approximate surface area is 130 Å². The summed E-state index contributed by atoms with van der Waals surface area (Å²) < 4.78 is 0. The highest BCUT2D eigenvalue weighted by molar-refractivity contribution is 5.96. The first kappa shape index (κ1) is 13.6. The molecule has 0 bridgehead atoms. The molecule has 1 aliphatic carbocycles. The Bertz CT molecular complexity index is 637. The standard InChI is InChI=1S/C17H21N3O2/c21-15-6-4-12-3-5-13(11-14(12)19-15)18-16(22)20-10-2-9-17(20)7-1-8-17/h3,5,11H,1-2,4,6-10H2,(H,18,22)(H,19,21). The summed E-state index contributed by atoms with van der Waals surface area (Å²) in [5, 5.41) is 5.89. The van der Waals surface area contributed by atoms with Gasteiger partial charge in [-0.25, -0.2) is 4.79 Å². The zero-order valence-corrected chi connectivity index (χ0v) is 12.7. The van der Waals surface area contributed by atoms with E-state index >= 15 is 0 Å². The molecule has 0 unspecified atom stereocenters. The van der Waals surface area contributed by atoms with E-state index in [2.05, 4.69) is 10.6 Å². The second-order valence-corrected chi connectivity index (χ2v) is 6.68. The summed E-state index contributed by atoms with van der Waals surface area (Å²) in [6.45, 7) is 0.855. The Balaban J connectivity index is 1.50. The average Bonchev–Trinajstić information content (AvgIpc) is 2.92. The van der Waals surface area contributed by atoms with E-state index in [1.807, 2.05) is 23.1 Å². The lowest BCUT2D eigenvalue weighted by Crippen LogP contribution is -2.53. The molecule has 2 heterocycles. The zero-order chi connectivity index (χ0) is 15.2. The van der Waals surface area contributed by atoms with Crippen LogP contribution in [0.4, 0.5) is 16.2 Å². The number of nitrogens with zero attached hydrogens (tertiary/aromatic N) is 1. The maximum atomic E-state index is 12.6. The summed E-state index contributed by atoms with van der Waals surface area (Å²) in [6, 6.07) is 5.79. The number of anilines is 2. The van der Waals surface area contributed by atoms with Gasteiger partial charge in [0.05, 0.1) is 0 Å². The van der Waals surface area contributed by atoms with E-state index < -0.39 is 0 Å². The molecule has 2 aliphatic heterocycles. The molecular weight excluding hydrogens is 278 g/mol. The summed E-state index contributed by atoms with van der Waals surface area (Å²) in [5.74, 6) is 0.0453. The van der Waals surface area contributed by atoms with Crippen molar-refractivity contribution in [2.75, 3.05) is 17.2 Å². The van der Waals surface area contributed by atoms with E-state index in [0.717, 1.165) is 55.6 Å². The number of likely N-dealkylation sites (tertiary alicyclic amines) is 1. The van der Waals surface area contributed by atoms with Crippen molar-refractivity contribution in [2.45, 2.75) is 50.5 Å². The van der Waals surface area contributed by atoms with Crippen LogP contribution in [0.15, 0.2) is 18.2 Å². The number of aryl methyl sites for hydroxylation is 1. The van der Waals surface area contributed by atoms with Crippen LogP contribution in [-0.4, -0.2) is 28.9 Å². The molecule has 1 spiro atoms. The van der Waals surface area contributed by atoms with Crippen LogP contribution < -0.4 is 10.6 Å². The van der Waals surface area contributed by atoms with Crippen molar-refractivity contribution in [3.8, 4) is 0 Å². The number of urea groups is 1. The van der Waals surface area contributed by atoms with E-state index in [4.69, 9.17) is 0 Å². The fraction of sp³-hybridized carbons (Fsp3) is 0.529. The van der Waals surface area contributed by atoms with Crippen LogP contribution in [0.1, 0.15) is 44.1 Å². The second-order valence-electron chi connectivity index (χ2n) is 6.68. The molecule has 1 saturated carbocycles. The zero-order valence-electron chi connectivity index (χ0n) is 12.7. The minimum atomic E-state index is -0.000661. The summed E-state index contributed by atoms with van der Waals surface area (Å²) >= 11 is 0. The molecule has 5 nitrogen and oxygen atoms in total. The van der Waals surface area contributed by atoms with Gasteiger partial charge >= 0.3 is 6.03 Å². The Morgan fingerprint density at radius 1 is 1.18 bits per heavy atom. The van der Waals surface area contributed by atoms with Crippen LogP contribution >= 0.6 is 0 Å². The SMILES string of the molecule is O=C1CCc2ccc(NC(=O)N3CCCC34CCC4)cc2N1. The first-order valence-electron chi connectivity index (χ1n) is 8.18. The highest BCUT2D eigenvalue weighted by Crippen LogP contribution is 2.45. The summed E-state index contributed by atoms with van der Waals surface area (Å²) in [4.78, 5) is 26.1. The number of fused-ring (bicyclic) bond motifs is 1. The molecule has 0 atom stereocenters. The number of rotatable bonds is 1. The second kappa shape index (κ2) is 5.00. The maximum Gasteiger partial charge on any atom is 0.322 e. The Kier molecular flexibility index (Phi) is 3.10. The number of hydrogen-bond acceptors (Lipinski definition) is 2. The molecule has 1 aromatic rings. The van der Waals surface area contributed by atoms with Crippen LogP contribution in [0.3, 0.4) is 0 Å². The third-order valence-corrected chi connectivity index (χ3v) is 5.38. The van der Waals surface area contributed by atoms with Crippen molar-refractivity contribution in [3.63, 3.8) is 0 Å². The maximum absolute atomic E-state index is 12.6. The number of carbonyl (C=O) groups excluding carboxylic acids is 2. The Morgan fingerprint density at radius 2 is 2.00 bits per heavy atom. The predicted octanol–water partition coefficient (Wildman–Crippen LogP) is 3.12. The van der Waals surface area contributed by atoms with Gasteiger partial charge in [0.2, 0.25) is 5.91 Å². The molecule has 116 valence electrons. The number of hydrogen-bond donors (Lipinski definition) is 2. The van der Waals surface area contributed by atoms with Gasteiger partial charge < -0.3 is 15.5 Å². The summed E-state index contributed by atoms with van der Waals surface area (Å²) in [6.07, 6.45) is 7.06. The Morgan fingerprint density at radius 3 is 2.77 bits per heavy atom. The van der Waals surface area contributed by atoms with E-state index in [1.165, 1.54) is 6.42 Å². The molecule has 22 heavy (non-hydrogen) atoms. The smallest absolute Gasteiger partial charge is 0.322 e. The number of carbonyl (C=O) groups is 2. The Hall–Kier alpha value is -2.04. The van der Waals surface area contributed by atoms with E-state index in [1.54, 1.807) is 0 Å². The van der Waals surface area contributed by atoms with E-state index in [0.29, 0.717) is 6.42 Å². The molecule has 3 amide bonds. The van der Waals surface area contributed by atoms with Crippen molar-refractivity contribution in [2.24, 2.45) is 0 Å². The molecule has 0 aromatic heterocycles.